The molecule has 10 heteroatoms. The topological polar surface area (TPSA) is 117 Å². The number of aryl methyl sites for hydroxylation is 2. The van der Waals surface area contributed by atoms with Crippen molar-refractivity contribution >= 4 is 23.4 Å². The van der Waals surface area contributed by atoms with Gasteiger partial charge >= 0.3 is 5.97 Å². The van der Waals surface area contributed by atoms with Gasteiger partial charge in [-0.15, -0.1) is 0 Å². The minimum Gasteiger partial charge on any atom is -0.496 e. The van der Waals surface area contributed by atoms with Gasteiger partial charge in [-0.25, -0.2) is 0 Å². The maximum atomic E-state index is 12.5. The maximum absolute atomic E-state index is 12.5. The second kappa shape index (κ2) is 25.2. The highest BCUT2D eigenvalue weighted by molar-refractivity contribution is 5.98. The number of rotatable bonds is 16. The number of hydrogen-bond acceptors (Lipinski definition) is 8. The first-order valence-electron chi connectivity index (χ1n) is 20.9. The molecule has 1 amide bonds. The summed E-state index contributed by atoms with van der Waals surface area (Å²) in [5, 5.41) is 8.44. The number of likely N-dealkylation sites (tertiary alicyclic amines) is 1. The number of Topliss-reactive ketones (excluding diaryl/α,β-unsaturated/α-hetero) is 2. The van der Waals surface area contributed by atoms with Crippen LogP contribution in [0.15, 0.2) is 97.1 Å². The molecule has 0 radical (unpaired) electrons. The van der Waals surface area contributed by atoms with Crippen molar-refractivity contribution in [1.82, 2.24) is 14.7 Å². The zero-order chi connectivity index (χ0) is 42.4. The van der Waals surface area contributed by atoms with E-state index in [0.717, 1.165) is 67.5 Å². The van der Waals surface area contributed by atoms with Gasteiger partial charge in [-0.2, -0.15) is 0 Å². The van der Waals surface area contributed by atoms with Crippen LogP contribution in [0.5, 0.6) is 11.5 Å². The Kier molecular flexibility index (Phi) is 19.8. The molecule has 4 aromatic rings. The summed E-state index contributed by atoms with van der Waals surface area (Å²) in [5.41, 5.74) is 5.88. The number of nitrogens with zero attached hydrogens (tertiary/aromatic N) is 3. The van der Waals surface area contributed by atoms with E-state index in [1.807, 2.05) is 91.5 Å². The van der Waals surface area contributed by atoms with Gasteiger partial charge in [0, 0.05) is 87.2 Å². The molecule has 0 unspecified atom stereocenters. The van der Waals surface area contributed by atoms with Crippen LogP contribution in [0.3, 0.4) is 0 Å². The van der Waals surface area contributed by atoms with Crippen LogP contribution < -0.4 is 9.47 Å². The van der Waals surface area contributed by atoms with Crippen molar-refractivity contribution < 1.29 is 33.8 Å². The van der Waals surface area contributed by atoms with Crippen LogP contribution in [0, 0.1) is 13.8 Å². The Balaban J connectivity index is 0.000000215. The van der Waals surface area contributed by atoms with Crippen LogP contribution in [-0.4, -0.2) is 96.7 Å². The number of hydrogen-bond donors (Lipinski definition) is 1. The van der Waals surface area contributed by atoms with Crippen LogP contribution in [0.1, 0.15) is 101 Å². The number of amides is 1. The third-order valence-corrected chi connectivity index (χ3v) is 10.8. The van der Waals surface area contributed by atoms with Crippen molar-refractivity contribution in [3.8, 4) is 11.5 Å². The average Bonchev–Trinajstić information content (AvgIpc) is 3.25. The van der Waals surface area contributed by atoms with Gasteiger partial charge in [-0.1, -0.05) is 91.3 Å². The Bertz CT molecular complexity index is 1930. The lowest BCUT2D eigenvalue weighted by molar-refractivity contribution is -0.137. The Morgan fingerprint density at radius 3 is 1.41 bits per heavy atom. The first-order chi connectivity index (χ1) is 28.6. The fourth-order valence-corrected chi connectivity index (χ4v) is 7.42. The summed E-state index contributed by atoms with van der Waals surface area (Å²) in [4.78, 5) is 53.6. The lowest BCUT2D eigenvalue weighted by Crippen LogP contribution is -2.48. The number of piperazine rings is 1. The summed E-state index contributed by atoms with van der Waals surface area (Å²) in [5.74, 6) is 1.37. The van der Waals surface area contributed by atoms with Crippen LogP contribution >= 0.6 is 0 Å². The monoisotopic (exact) mass is 805 g/mol. The number of piperidine rings is 1. The van der Waals surface area contributed by atoms with Crippen molar-refractivity contribution in [3.63, 3.8) is 0 Å². The van der Waals surface area contributed by atoms with E-state index in [1.165, 1.54) is 43.5 Å². The maximum Gasteiger partial charge on any atom is 0.303 e. The smallest absolute Gasteiger partial charge is 0.303 e. The normalized spacial score (nSPS) is 14.2. The molecule has 316 valence electrons. The number of ketones is 2. The van der Waals surface area contributed by atoms with Gasteiger partial charge in [-0.3, -0.25) is 29.0 Å². The SMILES string of the molecule is COc1ccccc1CN1CCCCC1.COc1ccccc1CN1CCN(C(=O)CCCC(=O)c2ccccc2C)CC1.Cc1ccccc1C(=O)CCCC(=O)O. The van der Waals surface area contributed by atoms with Gasteiger partial charge in [-0.05, 0) is 75.9 Å². The number of aliphatic carboxylic acids is 1. The molecule has 0 aromatic heterocycles. The molecule has 2 saturated heterocycles. The highest BCUT2D eigenvalue weighted by Gasteiger charge is 2.22. The Morgan fingerprint density at radius 1 is 0.525 bits per heavy atom. The molecule has 2 fully saturated rings. The number of carboxylic acids is 1. The van der Waals surface area contributed by atoms with E-state index in [4.69, 9.17) is 14.6 Å². The number of carbonyl (C=O) groups excluding carboxylic acids is 3. The lowest BCUT2D eigenvalue weighted by Gasteiger charge is -2.35. The molecular weight excluding hydrogens is 743 g/mol. The molecule has 2 aliphatic rings. The average molecular weight is 806 g/mol. The van der Waals surface area contributed by atoms with Gasteiger partial charge in [0.05, 0.1) is 14.2 Å². The minimum atomic E-state index is -0.854. The second-order valence-corrected chi connectivity index (χ2v) is 15.2. The van der Waals surface area contributed by atoms with Crippen molar-refractivity contribution in [1.29, 1.82) is 0 Å². The molecule has 2 aliphatic heterocycles. The highest BCUT2D eigenvalue weighted by atomic mass is 16.5. The number of carboxylic acid groups (broad SMARTS) is 1. The quantitative estimate of drug-likeness (QED) is 0.111. The fraction of sp³-hybridized carbons (Fsp3) is 0.429. The van der Waals surface area contributed by atoms with Gasteiger partial charge in [0.25, 0.3) is 0 Å². The Morgan fingerprint density at radius 2 is 0.949 bits per heavy atom. The summed E-state index contributed by atoms with van der Waals surface area (Å²) < 4.78 is 10.8. The van der Waals surface area contributed by atoms with Crippen LogP contribution in [0.4, 0.5) is 0 Å². The van der Waals surface area contributed by atoms with E-state index < -0.39 is 5.97 Å². The summed E-state index contributed by atoms with van der Waals surface area (Å²) in [7, 11) is 3.44. The Hall–Kier alpha value is -5.32. The van der Waals surface area contributed by atoms with Crippen molar-refractivity contribution in [2.24, 2.45) is 0 Å². The summed E-state index contributed by atoms with van der Waals surface area (Å²) in [6, 6.07) is 31.4. The van der Waals surface area contributed by atoms with Crippen LogP contribution in [-0.2, 0) is 22.7 Å². The number of benzene rings is 4. The van der Waals surface area contributed by atoms with Gasteiger partial charge in [0.1, 0.15) is 11.5 Å². The van der Waals surface area contributed by atoms with Crippen LogP contribution in [0.25, 0.3) is 0 Å². The molecule has 6 rings (SSSR count). The third-order valence-electron chi connectivity index (χ3n) is 10.8. The molecule has 4 aromatic carbocycles. The number of ether oxygens (including phenoxy) is 2. The van der Waals surface area contributed by atoms with Gasteiger partial charge < -0.3 is 19.5 Å². The van der Waals surface area contributed by atoms with E-state index in [-0.39, 0.29) is 23.9 Å². The van der Waals surface area contributed by atoms with Crippen molar-refractivity contribution in [2.75, 3.05) is 53.5 Å². The van der Waals surface area contributed by atoms with E-state index in [0.29, 0.717) is 37.7 Å². The minimum absolute atomic E-state index is 0.0225. The lowest BCUT2D eigenvalue weighted by atomic mass is 10.0. The Labute approximate surface area is 351 Å². The largest absolute Gasteiger partial charge is 0.496 e. The zero-order valence-corrected chi connectivity index (χ0v) is 35.5. The fourth-order valence-electron chi connectivity index (χ4n) is 7.42. The first kappa shape index (κ1) is 46.4. The molecule has 1 N–H and O–H groups in total. The third kappa shape index (κ3) is 15.8. The number of methoxy groups -OCH3 is 2. The van der Waals surface area contributed by atoms with Crippen molar-refractivity contribution in [2.45, 2.75) is 84.7 Å². The van der Waals surface area contributed by atoms with E-state index in [9.17, 15) is 19.2 Å². The second-order valence-electron chi connectivity index (χ2n) is 15.2. The first-order valence-corrected chi connectivity index (χ1v) is 20.9. The molecule has 10 nitrogen and oxygen atoms in total. The zero-order valence-electron chi connectivity index (χ0n) is 35.5. The van der Waals surface area contributed by atoms with E-state index >= 15 is 0 Å². The summed E-state index contributed by atoms with van der Waals surface area (Å²) in [6.07, 6.45) is 6.30. The standard InChI is InChI=1S/C24H30N2O3.C13H19NO.C12H14O3/c1-19-8-3-5-10-21(19)22(27)11-7-13-24(28)26-16-14-25(15-17-26)18-20-9-4-6-12-23(20)29-2;1-15-13-8-4-3-7-12(13)11-14-9-5-2-6-10-14;1-9-5-2-3-6-10(9)11(13)7-4-8-12(14)15/h3-6,8-10,12H,7,11,13-18H2,1-2H3;3-4,7-8H,2,5-6,9-11H2,1H3;2-3,5-6H,4,7-8H2,1H3,(H,14,15). The van der Waals surface area contributed by atoms with Crippen molar-refractivity contribution in [3.05, 3.63) is 130 Å². The van der Waals surface area contributed by atoms with E-state index in [2.05, 4.69) is 28.0 Å². The molecule has 2 heterocycles. The predicted molar refractivity (Wildman–Crippen MR) is 233 cm³/mol. The molecule has 0 bridgehead atoms. The summed E-state index contributed by atoms with van der Waals surface area (Å²) >= 11 is 0. The molecule has 0 aliphatic carbocycles. The van der Waals surface area contributed by atoms with Crippen LogP contribution in [0.2, 0.25) is 0 Å². The molecular formula is C49H63N3O7. The summed E-state index contributed by atoms with van der Waals surface area (Å²) in [6.45, 7) is 11.3. The van der Waals surface area contributed by atoms with E-state index in [1.54, 1.807) is 20.3 Å². The molecule has 0 atom stereocenters. The predicted octanol–water partition coefficient (Wildman–Crippen LogP) is 8.81. The van der Waals surface area contributed by atoms with Gasteiger partial charge in [0.15, 0.2) is 11.6 Å². The number of para-hydroxylation sites is 2. The molecule has 59 heavy (non-hydrogen) atoms. The highest BCUT2D eigenvalue weighted by Crippen LogP contribution is 2.22. The van der Waals surface area contributed by atoms with Gasteiger partial charge in [0.2, 0.25) is 5.91 Å². The number of carbonyl (C=O) groups is 4. The molecule has 0 spiro atoms. The molecule has 0 saturated carbocycles.